The fourth-order valence-electron chi connectivity index (χ4n) is 2.85. The second-order valence-corrected chi connectivity index (χ2v) is 9.84. The zero-order valence-electron chi connectivity index (χ0n) is 15.3. The summed E-state index contributed by atoms with van der Waals surface area (Å²) in [5.74, 6) is -0.0668. The number of anilines is 1. The smallest absolute Gasteiger partial charge is 0.263 e. The first-order valence-corrected chi connectivity index (χ1v) is 12.1. The first kappa shape index (κ1) is 20.0. The summed E-state index contributed by atoms with van der Waals surface area (Å²) in [6, 6.07) is 8.62. The van der Waals surface area contributed by atoms with Crippen molar-refractivity contribution in [3.63, 3.8) is 0 Å². The van der Waals surface area contributed by atoms with E-state index in [1.807, 2.05) is 16.8 Å². The van der Waals surface area contributed by atoms with Crippen molar-refractivity contribution in [2.24, 2.45) is 0 Å². The molecule has 8 nitrogen and oxygen atoms in total. The van der Waals surface area contributed by atoms with Crippen LogP contribution in [-0.2, 0) is 26.0 Å². The molecule has 0 unspecified atom stereocenters. The van der Waals surface area contributed by atoms with Gasteiger partial charge in [-0.05, 0) is 40.1 Å². The van der Waals surface area contributed by atoms with Crippen LogP contribution in [0.3, 0.4) is 0 Å². The van der Waals surface area contributed by atoms with Crippen LogP contribution in [0.5, 0.6) is 0 Å². The maximum Gasteiger partial charge on any atom is 0.263 e. The number of amides is 1. The third kappa shape index (κ3) is 4.81. The van der Waals surface area contributed by atoms with Gasteiger partial charge in [-0.3, -0.25) is 9.52 Å². The van der Waals surface area contributed by atoms with Gasteiger partial charge in [-0.1, -0.05) is 23.5 Å². The summed E-state index contributed by atoms with van der Waals surface area (Å²) < 4.78 is 32.9. The molecule has 0 radical (unpaired) electrons. The van der Waals surface area contributed by atoms with Crippen molar-refractivity contribution in [1.29, 1.82) is 0 Å². The molecule has 1 aliphatic heterocycles. The molecule has 0 saturated carbocycles. The van der Waals surface area contributed by atoms with Crippen LogP contribution in [0.25, 0.3) is 11.1 Å². The van der Waals surface area contributed by atoms with Gasteiger partial charge >= 0.3 is 0 Å². The molecule has 3 aromatic rings. The molecule has 29 heavy (non-hydrogen) atoms. The summed E-state index contributed by atoms with van der Waals surface area (Å²) in [7, 11) is -3.79. The Balaban J connectivity index is 1.41. The van der Waals surface area contributed by atoms with Gasteiger partial charge in [0.25, 0.3) is 10.0 Å². The van der Waals surface area contributed by atoms with E-state index in [9.17, 15) is 13.2 Å². The van der Waals surface area contributed by atoms with E-state index in [1.54, 1.807) is 40.5 Å². The third-order valence-electron chi connectivity index (χ3n) is 4.37. The maximum absolute atomic E-state index is 12.6. The SMILES string of the molecule is O=C(Cc1nnc(NS(=O)(=O)c2ccc(-c3ccsc3)cc2)s1)N1CCOCC1. The zero-order chi connectivity index (χ0) is 20.3. The second-order valence-electron chi connectivity index (χ2n) is 6.31. The number of benzene rings is 1. The van der Waals surface area contributed by atoms with E-state index in [0.717, 1.165) is 22.5 Å². The Morgan fingerprint density at radius 3 is 2.55 bits per heavy atom. The fourth-order valence-corrected chi connectivity index (χ4v) is 5.48. The average molecular weight is 451 g/mol. The average Bonchev–Trinajstić information content (AvgIpc) is 3.41. The summed E-state index contributed by atoms with van der Waals surface area (Å²) in [6.45, 7) is 2.16. The summed E-state index contributed by atoms with van der Waals surface area (Å²) in [5, 5.41) is 12.4. The number of nitrogens with zero attached hydrogens (tertiary/aromatic N) is 3. The van der Waals surface area contributed by atoms with Crippen LogP contribution in [0.2, 0.25) is 0 Å². The fraction of sp³-hybridized carbons (Fsp3) is 0.278. The number of hydrogen-bond acceptors (Lipinski definition) is 8. The first-order valence-electron chi connectivity index (χ1n) is 8.85. The van der Waals surface area contributed by atoms with E-state index >= 15 is 0 Å². The van der Waals surface area contributed by atoms with Crippen molar-refractivity contribution in [3.8, 4) is 11.1 Å². The van der Waals surface area contributed by atoms with Crippen LogP contribution < -0.4 is 4.72 Å². The molecule has 1 amide bonds. The Morgan fingerprint density at radius 1 is 1.10 bits per heavy atom. The number of carbonyl (C=O) groups is 1. The van der Waals surface area contributed by atoms with E-state index < -0.39 is 10.0 Å². The van der Waals surface area contributed by atoms with Gasteiger partial charge in [0, 0.05) is 13.1 Å². The number of thiophene rings is 1. The molecule has 1 N–H and O–H groups in total. The number of nitrogens with one attached hydrogen (secondary N) is 1. The van der Waals surface area contributed by atoms with Crippen LogP contribution in [-0.4, -0.2) is 55.7 Å². The molecule has 4 rings (SSSR count). The predicted octanol–water partition coefficient (Wildman–Crippen LogP) is 2.47. The molecule has 3 heterocycles. The molecule has 11 heteroatoms. The quantitative estimate of drug-likeness (QED) is 0.619. The topological polar surface area (TPSA) is 101 Å². The van der Waals surface area contributed by atoms with Crippen molar-refractivity contribution >= 4 is 43.7 Å². The van der Waals surface area contributed by atoms with Crippen LogP contribution in [0, 0.1) is 0 Å². The Morgan fingerprint density at radius 2 is 1.86 bits per heavy atom. The first-order chi connectivity index (χ1) is 14.0. The van der Waals surface area contributed by atoms with E-state index in [-0.39, 0.29) is 22.4 Å². The summed E-state index contributed by atoms with van der Waals surface area (Å²) >= 11 is 2.64. The monoisotopic (exact) mass is 450 g/mol. The summed E-state index contributed by atoms with van der Waals surface area (Å²) in [4.78, 5) is 14.1. The van der Waals surface area contributed by atoms with Crippen molar-refractivity contribution in [2.75, 3.05) is 31.0 Å². The number of aromatic nitrogens is 2. The van der Waals surface area contributed by atoms with Gasteiger partial charge in [-0.15, -0.1) is 10.2 Å². The normalized spacial score (nSPS) is 14.7. The molecule has 152 valence electrons. The lowest BCUT2D eigenvalue weighted by atomic mass is 10.1. The predicted molar refractivity (Wildman–Crippen MR) is 112 cm³/mol. The highest BCUT2D eigenvalue weighted by molar-refractivity contribution is 7.93. The lowest BCUT2D eigenvalue weighted by Gasteiger charge is -2.26. The van der Waals surface area contributed by atoms with Gasteiger partial charge < -0.3 is 9.64 Å². The van der Waals surface area contributed by atoms with E-state index in [2.05, 4.69) is 14.9 Å². The Hall–Kier alpha value is -2.34. The number of sulfonamides is 1. The minimum absolute atomic E-state index is 0.0668. The molecule has 1 fully saturated rings. The summed E-state index contributed by atoms with van der Waals surface area (Å²) in [6.07, 6.45) is 0.0920. The van der Waals surface area contributed by atoms with Crippen LogP contribution in [0.1, 0.15) is 5.01 Å². The number of hydrogen-bond donors (Lipinski definition) is 1. The lowest BCUT2D eigenvalue weighted by Crippen LogP contribution is -2.41. The van der Waals surface area contributed by atoms with Crippen molar-refractivity contribution in [3.05, 3.63) is 46.1 Å². The molecule has 0 atom stereocenters. The van der Waals surface area contributed by atoms with Gasteiger partial charge in [0.2, 0.25) is 11.0 Å². The molecule has 0 bridgehead atoms. The highest BCUT2D eigenvalue weighted by Gasteiger charge is 2.21. The van der Waals surface area contributed by atoms with Crippen molar-refractivity contribution in [1.82, 2.24) is 15.1 Å². The number of ether oxygens (including phenoxy) is 1. The second kappa shape index (κ2) is 8.57. The Kier molecular flexibility index (Phi) is 5.90. The van der Waals surface area contributed by atoms with Crippen molar-refractivity contribution < 1.29 is 17.9 Å². The number of carbonyl (C=O) groups excluding carboxylic acids is 1. The Bertz CT molecular complexity index is 1070. The molecule has 0 aliphatic carbocycles. The lowest BCUT2D eigenvalue weighted by molar-refractivity contribution is -0.134. The minimum atomic E-state index is -3.79. The molecule has 1 aliphatic rings. The van der Waals surface area contributed by atoms with E-state index in [1.165, 1.54) is 0 Å². The largest absolute Gasteiger partial charge is 0.378 e. The van der Waals surface area contributed by atoms with Crippen LogP contribution in [0.15, 0.2) is 46.0 Å². The zero-order valence-corrected chi connectivity index (χ0v) is 17.7. The van der Waals surface area contributed by atoms with E-state index in [4.69, 9.17) is 4.74 Å². The molecular formula is C18H18N4O4S3. The van der Waals surface area contributed by atoms with Gasteiger partial charge in [0.05, 0.1) is 24.5 Å². The van der Waals surface area contributed by atoms with Crippen LogP contribution in [0.4, 0.5) is 5.13 Å². The summed E-state index contributed by atoms with van der Waals surface area (Å²) in [5.41, 5.74) is 2.00. The molecule has 0 spiro atoms. The molecule has 1 aromatic carbocycles. The standard InChI is InChI=1S/C18H18N4O4S3/c23-17(22-6-8-26-9-7-22)11-16-19-20-18(28-16)21-29(24,25)15-3-1-13(2-4-15)14-5-10-27-12-14/h1-5,10,12H,6-9,11H2,(H,20,21). The molecule has 1 saturated heterocycles. The van der Waals surface area contributed by atoms with Gasteiger partial charge in [0.15, 0.2) is 0 Å². The molecule has 2 aromatic heterocycles. The number of rotatable bonds is 6. The van der Waals surface area contributed by atoms with Gasteiger partial charge in [-0.25, -0.2) is 8.42 Å². The third-order valence-corrected chi connectivity index (χ3v) is 7.38. The van der Waals surface area contributed by atoms with Gasteiger partial charge in [0.1, 0.15) is 5.01 Å². The van der Waals surface area contributed by atoms with Crippen LogP contribution >= 0.6 is 22.7 Å². The Labute approximate surface area is 176 Å². The number of morpholine rings is 1. The highest BCUT2D eigenvalue weighted by Crippen LogP contribution is 2.25. The molecular weight excluding hydrogens is 432 g/mol. The van der Waals surface area contributed by atoms with Crippen molar-refractivity contribution in [2.45, 2.75) is 11.3 Å². The maximum atomic E-state index is 12.6. The highest BCUT2D eigenvalue weighted by atomic mass is 32.2. The van der Waals surface area contributed by atoms with E-state index in [0.29, 0.717) is 31.3 Å². The van der Waals surface area contributed by atoms with Gasteiger partial charge in [-0.2, -0.15) is 11.3 Å². The minimum Gasteiger partial charge on any atom is -0.378 e.